The average molecular weight is 442 g/mol. The molecular formula is C23H27N3O4S. The largest absolute Gasteiger partial charge is 0.497 e. The molecule has 0 radical (unpaired) electrons. The van der Waals surface area contributed by atoms with Crippen LogP contribution >= 0.6 is 11.8 Å². The van der Waals surface area contributed by atoms with Gasteiger partial charge in [0, 0.05) is 17.3 Å². The zero-order valence-electron chi connectivity index (χ0n) is 18.2. The van der Waals surface area contributed by atoms with Gasteiger partial charge in [-0.05, 0) is 37.6 Å². The summed E-state index contributed by atoms with van der Waals surface area (Å²) < 4.78 is 18.1. The Kier molecular flexibility index (Phi) is 7.94. The lowest BCUT2D eigenvalue weighted by molar-refractivity contribution is -0.142. The first kappa shape index (κ1) is 22.7. The topological polar surface area (TPSA) is 75.5 Å². The molecule has 31 heavy (non-hydrogen) atoms. The maximum absolute atomic E-state index is 12.5. The number of methoxy groups -OCH3 is 2. The minimum Gasteiger partial charge on any atom is -0.497 e. The normalized spacial score (nSPS) is 11.7. The number of para-hydroxylation sites is 1. The summed E-state index contributed by atoms with van der Waals surface area (Å²) in [5.41, 5.74) is 1.69. The van der Waals surface area contributed by atoms with E-state index in [2.05, 4.69) is 10.2 Å². The molecule has 1 aromatic heterocycles. The van der Waals surface area contributed by atoms with E-state index in [0.717, 1.165) is 17.7 Å². The number of hydrogen-bond donors (Lipinski definition) is 0. The molecule has 8 heteroatoms. The summed E-state index contributed by atoms with van der Waals surface area (Å²) in [4.78, 5) is 12.5. The minimum atomic E-state index is -0.357. The molecule has 1 heterocycles. The molecule has 2 aromatic carbocycles. The zero-order valence-corrected chi connectivity index (χ0v) is 19.0. The summed E-state index contributed by atoms with van der Waals surface area (Å²) in [6, 6.07) is 15.4. The van der Waals surface area contributed by atoms with Crippen molar-refractivity contribution in [3.05, 3.63) is 48.5 Å². The monoisotopic (exact) mass is 441 g/mol. The number of thioether (sulfide) groups is 1. The van der Waals surface area contributed by atoms with E-state index >= 15 is 0 Å². The Labute approximate surface area is 186 Å². The molecule has 3 aromatic rings. The van der Waals surface area contributed by atoms with Crippen LogP contribution in [0, 0.1) is 0 Å². The van der Waals surface area contributed by atoms with Crippen molar-refractivity contribution in [1.29, 1.82) is 0 Å². The van der Waals surface area contributed by atoms with Crippen molar-refractivity contribution in [1.82, 2.24) is 14.8 Å². The van der Waals surface area contributed by atoms with Gasteiger partial charge in [-0.15, -0.1) is 10.2 Å². The first-order chi connectivity index (χ1) is 15.1. The molecule has 0 aliphatic heterocycles. The summed E-state index contributed by atoms with van der Waals surface area (Å²) in [5, 5.41) is 9.15. The van der Waals surface area contributed by atoms with Crippen LogP contribution < -0.4 is 9.47 Å². The van der Waals surface area contributed by atoms with E-state index in [0.29, 0.717) is 35.5 Å². The Morgan fingerprint density at radius 1 is 1.03 bits per heavy atom. The van der Waals surface area contributed by atoms with Crippen molar-refractivity contribution in [2.24, 2.45) is 0 Å². The molecule has 7 nitrogen and oxygen atoms in total. The van der Waals surface area contributed by atoms with Crippen LogP contribution in [-0.4, -0.2) is 46.8 Å². The summed E-state index contributed by atoms with van der Waals surface area (Å²) in [6.45, 7) is 4.20. The molecule has 164 valence electrons. The molecule has 0 spiro atoms. The van der Waals surface area contributed by atoms with Gasteiger partial charge in [0.05, 0.1) is 20.8 Å². The number of hydrogen-bond acceptors (Lipinski definition) is 7. The smallest absolute Gasteiger partial charge is 0.319 e. The molecular weight excluding hydrogens is 414 g/mol. The number of nitrogens with zero attached hydrogens (tertiary/aromatic N) is 3. The van der Waals surface area contributed by atoms with Gasteiger partial charge in [-0.2, -0.15) is 0 Å². The van der Waals surface area contributed by atoms with Crippen LogP contribution in [-0.2, 0) is 9.53 Å². The zero-order chi connectivity index (χ0) is 22.2. The molecule has 0 bridgehead atoms. The predicted octanol–water partition coefficient (Wildman–Crippen LogP) is 4.78. The minimum absolute atomic E-state index is 0.235. The number of esters is 1. The van der Waals surface area contributed by atoms with Crippen LogP contribution in [0.1, 0.15) is 26.7 Å². The quantitative estimate of drug-likeness (QED) is 0.331. The summed E-state index contributed by atoms with van der Waals surface area (Å²) in [7, 11) is 3.22. The van der Waals surface area contributed by atoms with Gasteiger partial charge in [-0.3, -0.25) is 9.36 Å². The molecule has 0 aliphatic carbocycles. The Balaban J connectivity index is 2.10. The first-order valence-corrected chi connectivity index (χ1v) is 11.1. The summed E-state index contributed by atoms with van der Waals surface area (Å²) >= 11 is 1.37. The van der Waals surface area contributed by atoms with Gasteiger partial charge in [0.1, 0.15) is 16.7 Å². The lowest BCUT2D eigenvalue weighted by atomic mass is 10.2. The van der Waals surface area contributed by atoms with Crippen molar-refractivity contribution in [2.75, 3.05) is 20.8 Å². The number of benzene rings is 2. The number of carbonyl (C=O) groups excluding carboxylic acids is 1. The molecule has 0 saturated heterocycles. The summed E-state index contributed by atoms with van der Waals surface area (Å²) in [6.07, 6.45) is 1.55. The second kappa shape index (κ2) is 10.9. The molecule has 0 saturated carbocycles. The third-order valence-corrected chi connectivity index (χ3v) is 5.79. The van der Waals surface area contributed by atoms with E-state index in [1.54, 1.807) is 20.3 Å². The predicted molar refractivity (Wildman–Crippen MR) is 121 cm³/mol. The van der Waals surface area contributed by atoms with Crippen LogP contribution in [0.15, 0.2) is 53.7 Å². The Hall–Kier alpha value is -3.00. The van der Waals surface area contributed by atoms with E-state index in [-0.39, 0.29) is 11.2 Å². The van der Waals surface area contributed by atoms with Crippen LogP contribution in [0.5, 0.6) is 11.5 Å². The highest BCUT2D eigenvalue weighted by atomic mass is 32.2. The van der Waals surface area contributed by atoms with E-state index in [4.69, 9.17) is 14.2 Å². The van der Waals surface area contributed by atoms with E-state index in [9.17, 15) is 4.79 Å². The highest BCUT2D eigenvalue weighted by molar-refractivity contribution is 8.00. The van der Waals surface area contributed by atoms with Gasteiger partial charge in [-0.25, -0.2) is 0 Å². The van der Waals surface area contributed by atoms with Crippen molar-refractivity contribution in [3.63, 3.8) is 0 Å². The lowest BCUT2D eigenvalue weighted by Crippen LogP contribution is -2.20. The third kappa shape index (κ3) is 5.38. The number of aromatic nitrogens is 3. The molecule has 1 atom stereocenters. The van der Waals surface area contributed by atoms with Crippen LogP contribution in [0.3, 0.4) is 0 Å². The number of carbonyl (C=O) groups is 1. The van der Waals surface area contributed by atoms with E-state index in [1.807, 2.05) is 60.9 Å². The third-order valence-electron chi connectivity index (χ3n) is 4.61. The second-order valence-electron chi connectivity index (χ2n) is 6.73. The maximum Gasteiger partial charge on any atom is 0.319 e. The molecule has 3 rings (SSSR count). The van der Waals surface area contributed by atoms with Gasteiger partial charge in [0.25, 0.3) is 0 Å². The maximum atomic E-state index is 12.5. The molecule has 0 fully saturated rings. The standard InChI is InChI=1S/C23H27N3O4S/c1-5-10-20(22(27)30-6-2)31-23-25-24-21(26(23)17-11-8-7-9-12-17)16-13-18(28-3)15-19(14-16)29-4/h7-9,11-15,20H,5-6,10H2,1-4H3. The van der Waals surface area contributed by atoms with Crippen LogP contribution in [0.2, 0.25) is 0 Å². The van der Waals surface area contributed by atoms with Crippen LogP contribution in [0.25, 0.3) is 17.1 Å². The van der Waals surface area contributed by atoms with Crippen molar-refractivity contribution < 1.29 is 19.0 Å². The first-order valence-electron chi connectivity index (χ1n) is 10.2. The SMILES string of the molecule is CCCC(Sc1nnc(-c2cc(OC)cc(OC)c2)n1-c1ccccc1)C(=O)OCC. The second-order valence-corrected chi connectivity index (χ2v) is 7.90. The fourth-order valence-electron chi connectivity index (χ4n) is 3.13. The molecule has 0 aliphatic rings. The Bertz CT molecular complexity index is 985. The van der Waals surface area contributed by atoms with Gasteiger partial charge in [0.2, 0.25) is 0 Å². The van der Waals surface area contributed by atoms with Gasteiger partial charge in [0.15, 0.2) is 11.0 Å². The number of ether oxygens (including phenoxy) is 3. The van der Waals surface area contributed by atoms with Gasteiger partial charge >= 0.3 is 5.97 Å². The van der Waals surface area contributed by atoms with Crippen LogP contribution in [0.4, 0.5) is 0 Å². The van der Waals surface area contributed by atoms with Gasteiger partial charge < -0.3 is 14.2 Å². The number of rotatable bonds is 10. The average Bonchev–Trinajstić information content (AvgIpc) is 3.22. The Morgan fingerprint density at radius 2 is 1.71 bits per heavy atom. The molecule has 0 amide bonds. The fourth-order valence-corrected chi connectivity index (χ4v) is 4.29. The highest BCUT2D eigenvalue weighted by Crippen LogP contribution is 2.34. The van der Waals surface area contributed by atoms with E-state index < -0.39 is 0 Å². The van der Waals surface area contributed by atoms with Crippen molar-refractivity contribution >= 4 is 17.7 Å². The molecule has 0 N–H and O–H groups in total. The van der Waals surface area contributed by atoms with E-state index in [1.165, 1.54) is 11.8 Å². The highest BCUT2D eigenvalue weighted by Gasteiger charge is 2.25. The Morgan fingerprint density at radius 3 is 2.29 bits per heavy atom. The van der Waals surface area contributed by atoms with Gasteiger partial charge in [-0.1, -0.05) is 43.3 Å². The van der Waals surface area contributed by atoms with Crippen molar-refractivity contribution in [3.8, 4) is 28.6 Å². The fraction of sp³-hybridized carbons (Fsp3) is 0.348. The lowest BCUT2D eigenvalue weighted by Gasteiger charge is -2.16. The molecule has 1 unspecified atom stereocenters. The summed E-state index contributed by atoms with van der Waals surface area (Å²) in [5.74, 6) is 1.70. The van der Waals surface area contributed by atoms with Crippen molar-refractivity contribution in [2.45, 2.75) is 37.1 Å².